The van der Waals surface area contributed by atoms with E-state index in [9.17, 15) is 14.7 Å². The first kappa shape index (κ1) is 11.1. The molecule has 52 valence electrons. The Morgan fingerprint density at radius 3 is 2.45 bits per heavy atom. The average Bonchev–Trinajstić information content (AvgIpc) is 2.36. The fraction of sp³-hybridized carbons (Fsp3) is 0. The molecular weight excluding hydrogens is 175 g/mol. The summed E-state index contributed by atoms with van der Waals surface area (Å²) in [5.74, 6) is -3.10. The Labute approximate surface area is 105 Å². The van der Waals surface area contributed by atoms with Gasteiger partial charge in [0.25, 0.3) is 0 Å². The van der Waals surface area contributed by atoms with Gasteiger partial charge in [-0.05, 0) is 12.1 Å². The summed E-state index contributed by atoms with van der Waals surface area (Å²) in [6, 6.07) is 2.69. The standard InChI is InChI=1S/C6H4O4.K/c7-5(6(8)9)4-2-1-3-10-4;/h1-3H,(H,8,9);/q;+1/p-1. The number of carboxylic acid groups (broad SMARTS) is 1. The second kappa shape index (κ2) is 4.84. The molecule has 0 saturated heterocycles. The van der Waals surface area contributed by atoms with Crippen LogP contribution in [-0.4, -0.2) is 11.8 Å². The quantitative estimate of drug-likeness (QED) is 0.265. The van der Waals surface area contributed by atoms with Gasteiger partial charge in [0, 0.05) is 0 Å². The van der Waals surface area contributed by atoms with E-state index in [1.165, 1.54) is 18.4 Å². The van der Waals surface area contributed by atoms with E-state index in [1.807, 2.05) is 0 Å². The van der Waals surface area contributed by atoms with Crippen LogP contribution in [0.4, 0.5) is 0 Å². The van der Waals surface area contributed by atoms with Gasteiger partial charge in [0.05, 0.1) is 6.26 Å². The number of carbonyl (C=O) groups excluding carboxylic acids is 2. The first-order valence-corrected chi connectivity index (χ1v) is 2.51. The van der Waals surface area contributed by atoms with Crippen LogP contribution in [0.3, 0.4) is 0 Å². The van der Waals surface area contributed by atoms with Gasteiger partial charge >= 0.3 is 51.4 Å². The zero-order chi connectivity index (χ0) is 7.56. The number of furan rings is 1. The summed E-state index contributed by atoms with van der Waals surface area (Å²) in [4.78, 5) is 20.3. The van der Waals surface area contributed by atoms with Crippen molar-refractivity contribution in [2.24, 2.45) is 0 Å². The van der Waals surface area contributed by atoms with Crippen molar-refractivity contribution in [3.05, 3.63) is 24.2 Å². The van der Waals surface area contributed by atoms with Crippen molar-refractivity contribution < 1.29 is 70.5 Å². The van der Waals surface area contributed by atoms with Crippen LogP contribution in [0, 0.1) is 0 Å². The molecule has 0 saturated carbocycles. The second-order valence-corrected chi connectivity index (χ2v) is 1.59. The predicted octanol–water partition coefficient (Wildman–Crippen LogP) is -3.78. The maximum atomic E-state index is 10.4. The molecule has 0 fully saturated rings. The molecule has 0 amide bonds. The number of rotatable bonds is 2. The predicted molar refractivity (Wildman–Crippen MR) is 28.0 cm³/mol. The summed E-state index contributed by atoms with van der Waals surface area (Å²) in [6.45, 7) is 0. The van der Waals surface area contributed by atoms with Gasteiger partial charge in [-0.2, -0.15) is 0 Å². The zero-order valence-corrected chi connectivity index (χ0v) is 8.99. The Balaban J connectivity index is 0.000001000. The van der Waals surface area contributed by atoms with Crippen LogP contribution in [-0.2, 0) is 4.79 Å². The van der Waals surface area contributed by atoms with Crippen molar-refractivity contribution in [2.45, 2.75) is 0 Å². The van der Waals surface area contributed by atoms with Crippen molar-refractivity contribution in [1.29, 1.82) is 0 Å². The van der Waals surface area contributed by atoms with Crippen LogP contribution in [0.2, 0.25) is 0 Å². The van der Waals surface area contributed by atoms with E-state index in [0.29, 0.717) is 0 Å². The molecule has 0 N–H and O–H groups in total. The van der Waals surface area contributed by atoms with E-state index >= 15 is 0 Å². The van der Waals surface area contributed by atoms with Crippen LogP contribution >= 0.6 is 0 Å². The molecule has 0 bridgehead atoms. The minimum atomic E-state index is -1.75. The minimum absolute atomic E-state index is 0. The molecule has 0 aliphatic rings. The van der Waals surface area contributed by atoms with Gasteiger partial charge in [0.1, 0.15) is 5.97 Å². The first-order valence-electron chi connectivity index (χ1n) is 2.51. The van der Waals surface area contributed by atoms with E-state index < -0.39 is 11.8 Å². The summed E-state index contributed by atoms with van der Waals surface area (Å²) in [5.41, 5.74) is 0. The van der Waals surface area contributed by atoms with E-state index in [0.717, 1.165) is 0 Å². The van der Waals surface area contributed by atoms with Crippen molar-refractivity contribution in [3.63, 3.8) is 0 Å². The number of hydrogen-bond acceptors (Lipinski definition) is 4. The molecule has 11 heavy (non-hydrogen) atoms. The average molecular weight is 178 g/mol. The normalized spacial score (nSPS) is 8.36. The van der Waals surface area contributed by atoms with Crippen molar-refractivity contribution in [3.8, 4) is 0 Å². The van der Waals surface area contributed by atoms with Gasteiger partial charge in [0.15, 0.2) is 5.76 Å². The second-order valence-electron chi connectivity index (χ2n) is 1.59. The monoisotopic (exact) mass is 178 g/mol. The third kappa shape index (κ3) is 2.88. The van der Waals surface area contributed by atoms with Crippen LogP contribution in [0.15, 0.2) is 22.8 Å². The molecule has 1 aromatic rings. The van der Waals surface area contributed by atoms with Crippen molar-refractivity contribution in [1.82, 2.24) is 0 Å². The summed E-state index contributed by atoms with van der Waals surface area (Å²) in [6.07, 6.45) is 1.22. The van der Waals surface area contributed by atoms with Crippen LogP contribution in [0.1, 0.15) is 10.6 Å². The van der Waals surface area contributed by atoms with Gasteiger partial charge in [-0.25, -0.2) is 0 Å². The number of aliphatic carboxylic acids is 1. The number of carbonyl (C=O) groups is 2. The SMILES string of the molecule is O=C([O-])C(=O)c1ccco1.[K+]. The Bertz CT molecular complexity index is 252. The van der Waals surface area contributed by atoms with Gasteiger partial charge in [0.2, 0.25) is 5.78 Å². The van der Waals surface area contributed by atoms with Crippen LogP contribution in [0.25, 0.3) is 0 Å². The molecule has 0 radical (unpaired) electrons. The summed E-state index contributed by atoms with van der Waals surface area (Å²) in [7, 11) is 0. The molecule has 0 aliphatic carbocycles. The van der Waals surface area contributed by atoms with Crippen LogP contribution < -0.4 is 56.5 Å². The third-order valence-corrected chi connectivity index (χ3v) is 0.930. The van der Waals surface area contributed by atoms with Crippen LogP contribution in [0.5, 0.6) is 0 Å². The maximum absolute atomic E-state index is 10.4. The molecule has 1 heterocycles. The minimum Gasteiger partial charge on any atom is -0.541 e. The fourth-order valence-corrected chi connectivity index (χ4v) is 0.508. The number of hydrogen-bond donors (Lipinski definition) is 0. The van der Waals surface area contributed by atoms with Gasteiger partial charge in [-0.15, -0.1) is 0 Å². The van der Waals surface area contributed by atoms with E-state index in [4.69, 9.17) is 0 Å². The largest absolute Gasteiger partial charge is 1.00 e. The Hall–Kier alpha value is 0.0564. The molecule has 0 aromatic carbocycles. The number of Topliss-reactive ketones (excluding diaryl/α,β-unsaturated/α-hetero) is 1. The third-order valence-electron chi connectivity index (χ3n) is 0.930. The maximum Gasteiger partial charge on any atom is 1.00 e. The zero-order valence-electron chi connectivity index (χ0n) is 5.87. The van der Waals surface area contributed by atoms with Gasteiger partial charge in [-0.3, -0.25) is 4.79 Å². The summed E-state index contributed by atoms with van der Waals surface area (Å²) >= 11 is 0. The smallest absolute Gasteiger partial charge is 0.541 e. The van der Waals surface area contributed by atoms with E-state index in [-0.39, 0.29) is 57.1 Å². The molecule has 0 atom stereocenters. The van der Waals surface area contributed by atoms with E-state index in [1.54, 1.807) is 0 Å². The van der Waals surface area contributed by atoms with Crippen molar-refractivity contribution >= 4 is 11.8 Å². The molecule has 0 aliphatic heterocycles. The topological polar surface area (TPSA) is 70.3 Å². The fourth-order valence-electron chi connectivity index (χ4n) is 0.508. The van der Waals surface area contributed by atoms with Gasteiger partial charge < -0.3 is 14.3 Å². The molecule has 1 aromatic heterocycles. The molecule has 1 rings (SSSR count). The Morgan fingerprint density at radius 2 is 2.09 bits per heavy atom. The summed E-state index contributed by atoms with van der Waals surface area (Å²) < 4.78 is 4.49. The molecule has 0 unspecified atom stereocenters. The number of ketones is 1. The Kier molecular flexibility index (Phi) is 4.86. The first-order chi connectivity index (χ1) is 4.72. The molecule has 0 spiro atoms. The Morgan fingerprint density at radius 1 is 1.45 bits per heavy atom. The number of carboxylic acids is 1. The van der Waals surface area contributed by atoms with E-state index in [2.05, 4.69) is 4.42 Å². The summed E-state index contributed by atoms with van der Waals surface area (Å²) in [5, 5.41) is 9.88. The molecular formula is C6H3KO4. The van der Waals surface area contributed by atoms with Crippen molar-refractivity contribution in [2.75, 3.05) is 0 Å². The molecule has 4 nitrogen and oxygen atoms in total. The van der Waals surface area contributed by atoms with Gasteiger partial charge in [-0.1, -0.05) is 0 Å². The molecule has 5 heteroatoms.